The second-order valence-corrected chi connectivity index (χ2v) is 2.88. The first-order chi connectivity index (χ1) is 6.45. The Bertz CT molecular complexity index is 416. The standard InChI is InChI=1S/C8H6ClNO4/c9-6-4(10)2-1-3(7(11)12)5(6)8(13)14/h1-2H,10H2,(H,11,12)(H,13,14). The van der Waals surface area contributed by atoms with Crippen molar-refractivity contribution in [3.05, 3.63) is 28.3 Å². The van der Waals surface area contributed by atoms with Gasteiger partial charge in [-0.3, -0.25) is 0 Å². The topological polar surface area (TPSA) is 101 Å². The summed E-state index contributed by atoms with van der Waals surface area (Å²) in [6, 6.07) is 2.35. The fraction of sp³-hybridized carbons (Fsp3) is 0. The highest BCUT2D eigenvalue weighted by Gasteiger charge is 2.20. The van der Waals surface area contributed by atoms with Crippen molar-refractivity contribution >= 4 is 29.2 Å². The molecule has 14 heavy (non-hydrogen) atoms. The van der Waals surface area contributed by atoms with Gasteiger partial charge in [0, 0.05) is 0 Å². The van der Waals surface area contributed by atoms with Crippen molar-refractivity contribution in [2.75, 3.05) is 5.73 Å². The van der Waals surface area contributed by atoms with Crippen LogP contribution in [0.1, 0.15) is 20.7 Å². The summed E-state index contributed by atoms with van der Waals surface area (Å²) in [6.45, 7) is 0. The number of halogens is 1. The predicted molar refractivity (Wildman–Crippen MR) is 49.8 cm³/mol. The van der Waals surface area contributed by atoms with E-state index in [9.17, 15) is 9.59 Å². The number of carbonyl (C=O) groups is 2. The molecule has 1 aromatic carbocycles. The number of hydrogen-bond acceptors (Lipinski definition) is 3. The Balaban J connectivity index is 3.53. The molecule has 1 rings (SSSR count). The van der Waals surface area contributed by atoms with E-state index >= 15 is 0 Å². The smallest absolute Gasteiger partial charge is 0.338 e. The van der Waals surface area contributed by atoms with Gasteiger partial charge in [-0.25, -0.2) is 9.59 Å². The number of benzene rings is 1. The Labute approximate surface area is 83.7 Å². The van der Waals surface area contributed by atoms with Crippen molar-refractivity contribution in [2.24, 2.45) is 0 Å². The van der Waals surface area contributed by atoms with E-state index in [-0.39, 0.29) is 16.3 Å². The third-order valence-corrected chi connectivity index (χ3v) is 2.02. The Morgan fingerprint density at radius 3 is 2.21 bits per heavy atom. The monoisotopic (exact) mass is 215 g/mol. The minimum absolute atomic E-state index is 0.0362. The van der Waals surface area contributed by atoms with Gasteiger partial charge in [0.2, 0.25) is 0 Å². The molecule has 0 aromatic heterocycles. The molecule has 4 N–H and O–H groups in total. The van der Waals surface area contributed by atoms with Crippen LogP contribution in [0.25, 0.3) is 0 Å². The van der Waals surface area contributed by atoms with Crippen LogP contribution in [0, 0.1) is 0 Å². The maximum Gasteiger partial charge on any atom is 0.338 e. The van der Waals surface area contributed by atoms with Gasteiger partial charge in [-0.1, -0.05) is 11.6 Å². The summed E-state index contributed by atoms with van der Waals surface area (Å²) >= 11 is 5.57. The zero-order valence-corrected chi connectivity index (χ0v) is 7.58. The second kappa shape index (κ2) is 3.55. The molecular weight excluding hydrogens is 210 g/mol. The first-order valence-corrected chi connectivity index (χ1v) is 3.87. The Kier molecular flexibility index (Phi) is 2.62. The first-order valence-electron chi connectivity index (χ1n) is 3.49. The van der Waals surface area contributed by atoms with Gasteiger partial charge in [0.05, 0.1) is 21.8 Å². The van der Waals surface area contributed by atoms with Crippen LogP contribution in [0.15, 0.2) is 12.1 Å². The summed E-state index contributed by atoms with van der Waals surface area (Å²) < 4.78 is 0. The highest BCUT2D eigenvalue weighted by atomic mass is 35.5. The number of hydrogen-bond donors (Lipinski definition) is 3. The molecule has 74 valence electrons. The lowest BCUT2D eigenvalue weighted by molar-refractivity contribution is 0.0651. The van der Waals surface area contributed by atoms with E-state index in [0.717, 1.165) is 6.07 Å². The van der Waals surface area contributed by atoms with Crippen LogP contribution in [0.3, 0.4) is 0 Å². The van der Waals surface area contributed by atoms with Gasteiger partial charge in [0.15, 0.2) is 0 Å². The van der Waals surface area contributed by atoms with Crippen molar-refractivity contribution in [2.45, 2.75) is 0 Å². The van der Waals surface area contributed by atoms with Crippen LogP contribution in [-0.2, 0) is 0 Å². The van der Waals surface area contributed by atoms with E-state index < -0.39 is 17.5 Å². The van der Waals surface area contributed by atoms with Crippen molar-refractivity contribution in [3.63, 3.8) is 0 Å². The molecule has 5 nitrogen and oxygen atoms in total. The Morgan fingerprint density at radius 2 is 1.79 bits per heavy atom. The molecule has 0 heterocycles. The largest absolute Gasteiger partial charge is 0.478 e. The third kappa shape index (κ3) is 1.62. The molecule has 0 atom stereocenters. The van der Waals surface area contributed by atoms with Crippen LogP contribution in [0.4, 0.5) is 5.69 Å². The van der Waals surface area contributed by atoms with E-state index in [1.165, 1.54) is 6.07 Å². The number of rotatable bonds is 2. The molecule has 0 bridgehead atoms. The van der Waals surface area contributed by atoms with Crippen molar-refractivity contribution in [3.8, 4) is 0 Å². The molecule has 0 spiro atoms. The molecule has 0 radical (unpaired) electrons. The van der Waals surface area contributed by atoms with Gasteiger partial charge in [0.25, 0.3) is 0 Å². The lowest BCUT2D eigenvalue weighted by Crippen LogP contribution is -2.09. The summed E-state index contributed by atoms with van der Waals surface area (Å²) in [5.41, 5.74) is 4.51. The van der Waals surface area contributed by atoms with Crippen LogP contribution in [0.5, 0.6) is 0 Å². The van der Waals surface area contributed by atoms with E-state index in [4.69, 9.17) is 27.5 Å². The van der Waals surface area contributed by atoms with E-state index in [1.54, 1.807) is 0 Å². The summed E-state index contributed by atoms with van der Waals surface area (Å²) in [5.74, 6) is -2.77. The van der Waals surface area contributed by atoms with Gasteiger partial charge in [-0.15, -0.1) is 0 Å². The zero-order chi connectivity index (χ0) is 10.9. The highest BCUT2D eigenvalue weighted by Crippen LogP contribution is 2.26. The average molecular weight is 216 g/mol. The SMILES string of the molecule is Nc1ccc(C(=O)O)c(C(=O)O)c1Cl. The summed E-state index contributed by atoms with van der Waals surface area (Å²) in [6.07, 6.45) is 0. The molecule has 1 aromatic rings. The minimum Gasteiger partial charge on any atom is -0.478 e. The molecule has 0 aliphatic carbocycles. The molecule has 6 heteroatoms. The second-order valence-electron chi connectivity index (χ2n) is 2.50. The number of nitrogens with two attached hydrogens (primary N) is 1. The van der Waals surface area contributed by atoms with E-state index in [1.807, 2.05) is 0 Å². The highest BCUT2D eigenvalue weighted by molar-refractivity contribution is 6.36. The van der Waals surface area contributed by atoms with Crippen LogP contribution >= 0.6 is 11.6 Å². The summed E-state index contributed by atoms with van der Waals surface area (Å²) in [5, 5.41) is 17.1. The van der Waals surface area contributed by atoms with Gasteiger partial charge in [-0.05, 0) is 12.1 Å². The first kappa shape index (κ1) is 10.3. The number of nitrogen functional groups attached to an aromatic ring is 1. The molecule has 0 saturated heterocycles. The van der Waals surface area contributed by atoms with Crippen molar-refractivity contribution in [1.82, 2.24) is 0 Å². The third-order valence-electron chi connectivity index (χ3n) is 1.62. The fourth-order valence-corrected chi connectivity index (χ4v) is 1.23. The quantitative estimate of drug-likeness (QED) is 0.646. The van der Waals surface area contributed by atoms with E-state index in [0.29, 0.717) is 0 Å². The number of carboxylic acid groups (broad SMARTS) is 2. The fourth-order valence-electron chi connectivity index (χ4n) is 0.979. The van der Waals surface area contributed by atoms with Gasteiger partial charge >= 0.3 is 11.9 Å². The molecular formula is C8H6ClNO4. The van der Waals surface area contributed by atoms with Gasteiger partial charge in [-0.2, -0.15) is 0 Å². The average Bonchev–Trinajstić information content (AvgIpc) is 2.08. The zero-order valence-electron chi connectivity index (χ0n) is 6.82. The number of anilines is 1. The maximum absolute atomic E-state index is 10.7. The molecule has 0 saturated carbocycles. The summed E-state index contributed by atoms with van der Waals surface area (Å²) in [4.78, 5) is 21.3. The lowest BCUT2D eigenvalue weighted by Gasteiger charge is -2.05. The summed E-state index contributed by atoms with van der Waals surface area (Å²) in [7, 11) is 0. The molecule has 0 fully saturated rings. The van der Waals surface area contributed by atoms with Crippen LogP contribution < -0.4 is 5.73 Å². The normalized spacial score (nSPS) is 9.79. The van der Waals surface area contributed by atoms with Gasteiger partial charge in [0.1, 0.15) is 0 Å². The van der Waals surface area contributed by atoms with Crippen molar-refractivity contribution in [1.29, 1.82) is 0 Å². The molecule has 0 unspecified atom stereocenters. The molecule has 0 aliphatic heterocycles. The van der Waals surface area contributed by atoms with Crippen LogP contribution in [0.2, 0.25) is 5.02 Å². The van der Waals surface area contributed by atoms with Crippen molar-refractivity contribution < 1.29 is 19.8 Å². The van der Waals surface area contributed by atoms with E-state index in [2.05, 4.69) is 0 Å². The number of aromatic carboxylic acids is 2. The maximum atomic E-state index is 10.7. The predicted octanol–water partition coefficient (Wildman–Crippen LogP) is 1.32. The van der Waals surface area contributed by atoms with Crippen LogP contribution in [-0.4, -0.2) is 22.2 Å². The lowest BCUT2D eigenvalue weighted by atomic mass is 10.1. The Morgan fingerprint density at radius 1 is 1.21 bits per heavy atom. The number of carboxylic acids is 2. The van der Waals surface area contributed by atoms with Gasteiger partial charge < -0.3 is 15.9 Å². The molecule has 0 aliphatic rings. The molecule has 0 amide bonds. The Hall–Kier alpha value is -1.75. The minimum atomic E-state index is -1.42.